The molecule has 0 aromatic carbocycles. The topological polar surface area (TPSA) is 132 Å². The van der Waals surface area contributed by atoms with E-state index in [-0.39, 0.29) is 17.9 Å². The SMILES string of the molecule is CC1(Nc2ncccc2C#N)CCN(C(=O)O)C1C1C2CC3C[C@H]1CC(C(N)=O)(C3)C2. The molecule has 7 atom stereocenters. The number of likely N-dealkylation sites (tertiary alicyclic amines) is 1. The van der Waals surface area contributed by atoms with Gasteiger partial charge in [-0.05, 0) is 81.3 Å². The van der Waals surface area contributed by atoms with Crippen LogP contribution in [0.1, 0.15) is 51.0 Å². The van der Waals surface area contributed by atoms with Crippen LogP contribution in [-0.4, -0.2) is 45.1 Å². The third-order valence-corrected chi connectivity index (χ3v) is 8.67. The summed E-state index contributed by atoms with van der Waals surface area (Å²) >= 11 is 0. The van der Waals surface area contributed by atoms with Crippen molar-refractivity contribution in [1.29, 1.82) is 5.26 Å². The zero-order chi connectivity index (χ0) is 22.0. The second-order valence-electron chi connectivity index (χ2n) is 10.4. The number of nitrogens with one attached hydrogen (secondary N) is 1. The highest BCUT2D eigenvalue weighted by molar-refractivity contribution is 5.81. The number of nitriles is 1. The van der Waals surface area contributed by atoms with Crippen LogP contribution in [0.25, 0.3) is 0 Å². The van der Waals surface area contributed by atoms with Crippen LogP contribution in [-0.2, 0) is 4.79 Å². The van der Waals surface area contributed by atoms with E-state index in [0.29, 0.717) is 42.1 Å². The number of pyridine rings is 1. The molecule has 6 rings (SSSR count). The van der Waals surface area contributed by atoms with Gasteiger partial charge in [-0.25, -0.2) is 9.78 Å². The first-order valence-electron chi connectivity index (χ1n) is 11.2. The summed E-state index contributed by atoms with van der Waals surface area (Å²) in [4.78, 5) is 30.6. The summed E-state index contributed by atoms with van der Waals surface area (Å²) < 4.78 is 0. The number of rotatable bonds is 4. The molecule has 2 heterocycles. The number of aromatic nitrogens is 1. The van der Waals surface area contributed by atoms with E-state index < -0.39 is 17.0 Å². The summed E-state index contributed by atoms with van der Waals surface area (Å²) in [5, 5.41) is 23.0. The molecule has 1 aromatic heterocycles. The lowest BCUT2D eigenvalue weighted by atomic mass is 9.44. The van der Waals surface area contributed by atoms with Gasteiger partial charge >= 0.3 is 6.09 Å². The minimum atomic E-state index is -0.907. The average molecular weight is 424 g/mol. The van der Waals surface area contributed by atoms with Crippen molar-refractivity contribution in [1.82, 2.24) is 9.88 Å². The number of primary amides is 1. The summed E-state index contributed by atoms with van der Waals surface area (Å²) in [7, 11) is 0. The average Bonchev–Trinajstić information content (AvgIpc) is 3.05. The number of nitrogens with two attached hydrogens (primary N) is 1. The van der Waals surface area contributed by atoms with Crippen LogP contribution >= 0.6 is 0 Å². The van der Waals surface area contributed by atoms with Crippen molar-refractivity contribution >= 4 is 17.8 Å². The maximum Gasteiger partial charge on any atom is 0.407 e. The predicted molar refractivity (Wildman–Crippen MR) is 113 cm³/mol. The van der Waals surface area contributed by atoms with Crippen LogP contribution in [0.2, 0.25) is 0 Å². The Morgan fingerprint density at radius 3 is 2.65 bits per heavy atom. The molecular weight excluding hydrogens is 394 g/mol. The number of anilines is 1. The molecule has 5 aliphatic rings. The molecule has 5 fully saturated rings. The van der Waals surface area contributed by atoms with E-state index in [1.54, 1.807) is 23.2 Å². The monoisotopic (exact) mass is 423 g/mol. The van der Waals surface area contributed by atoms with Crippen molar-refractivity contribution in [3.63, 3.8) is 0 Å². The van der Waals surface area contributed by atoms with Crippen LogP contribution in [0, 0.1) is 40.4 Å². The molecular formula is C23H29N5O3. The fourth-order valence-electron chi connectivity index (χ4n) is 7.71. The molecule has 0 radical (unpaired) electrons. The zero-order valence-corrected chi connectivity index (χ0v) is 17.8. The largest absolute Gasteiger partial charge is 0.465 e. The fourth-order valence-corrected chi connectivity index (χ4v) is 7.71. The Kier molecular flexibility index (Phi) is 4.44. The molecule has 2 amide bonds. The van der Waals surface area contributed by atoms with Gasteiger partial charge in [-0.2, -0.15) is 5.26 Å². The standard InChI is InChI=1S/C23H29N5O3/c1-22(27-19-14(12-24)3-2-5-26-19)4-6-28(21(30)31)18(22)17-15-7-13-8-16(17)11-23(9-13,10-15)20(25)29/h2-3,5,13,15-18H,4,6-11H2,1H3,(H2,25,29)(H,26,27)(H,30,31)/t13?,15-,16?,17?,18?,22?,23?/m0/s1. The molecule has 31 heavy (non-hydrogen) atoms. The van der Waals surface area contributed by atoms with Crippen molar-refractivity contribution in [3.05, 3.63) is 23.9 Å². The highest BCUT2D eigenvalue weighted by Crippen LogP contribution is 2.64. The highest BCUT2D eigenvalue weighted by atomic mass is 16.4. The smallest absolute Gasteiger partial charge is 0.407 e. The van der Waals surface area contributed by atoms with Crippen LogP contribution in [0.3, 0.4) is 0 Å². The Bertz CT molecular complexity index is 958. The number of hydrogen-bond acceptors (Lipinski definition) is 5. The quantitative estimate of drug-likeness (QED) is 0.682. The number of nitrogens with zero attached hydrogens (tertiary/aromatic N) is 3. The van der Waals surface area contributed by atoms with Gasteiger partial charge in [0.05, 0.1) is 17.1 Å². The Morgan fingerprint density at radius 1 is 1.32 bits per heavy atom. The van der Waals surface area contributed by atoms with Crippen molar-refractivity contribution in [2.75, 3.05) is 11.9 Å². The Morgan fingerprint density at radius 2 is 2.03 bits per heavy atom. The molecule has 4 saturated carbocycles. The molecule has 164 valence electrons. The van der Waals surface area contributed by atoms with Gasteiger partial charge in [0.2, 0.25) is 5.91 Å². The minimum absolute atomic E-state index is 0.175. The molecule has 1 aliphatic heterocycles. The van der Waals surface area contributed by atoms with E-state index in [1.807, 2.05) is 0 Å². The van der Waals surface area contributed by atoms with Gasteiger partial charge in [0.15, 0.2) is 0 Å². The van der Waals surface area contributed by atoms with Crippen LogP contribution in [0.4, 0.5) is 10.6 Å². The third kappa shape index (κ3) is 2.97. The zero-order valence-electron chi connectivity index (χ0n) is 17.8. The maximum atomic E-state index is 12.4. The molecule has 8 nitrogen and oxygen atoms in total. The van der Waals surface area contributed by atoms with Crippen LogP contribution < -0.4 is 11.1 Å². The van der Waals surface area contributed by atoms with Crippen molar-refractivity contribution in [2.24, 2.45) is 34.8 Å². The van der Waals surface area contributed by atoms with Crippen molar-refractivity contribution in [3.8, 4) is 6.07 Å². The molecule has 4 N–H and O–H groups in total. The van der Waals surface area contributed by atoms with Gasteiger partial charge in [-0.3, -0.25) is 4.79 Å². The minimum Gasteiger partial charge on any atom is -0.465 e. The summed E-state index contributed by atoms with van der Waals surface area (Å²) in [6, 6.07) is 5.38. The fraction of sp³-hybridized carbons (Fsp3) is 0.652. The second-order valence-corrected chi connectivity index (χ2v) is 10.4. The molecule has 4 aliphatic carbocycles. The third-order valence-electron chi connectivity index (χ3n) is 8.67. The number of carboxylic acid groups (broad SMARTS) is 1. The Hall–Kier alpha value is -2.82. The summed E-state index contributed by atoms with van der Waals surface area (Å²) in [5.74, 6) is 1.60. The number of carbonyl (C=O) groups is 2. The number of hydrogen-bond donors (Lipinski definition) is 3. The summed E-state index contributed by atoms with van der Waals surface area (Å²) in [6.45, 7) is 2.50. The first-order valence-corrected chi connectivity index (χ1v) is 11.2. The van der Waals surface area contributed by atoms with E-state index >= 15 is 0 Å². The van der Waals surface area contributed by atoms with Crippen LogP contribution in [0.5, 0.6) is 0 Å². The second kappa shape index (κ2) is 6.84. The summed E-state index contributed by atoms with van der Waals surface area (Å²) in [6.07, 6.45) is 5.91. The lowest BCUT2D eigenvalue weighted by Gasteiger charge is -2.61. The normalized spacial score (nSPS) is 40.5. The molecule has 8 heteroatoms. The first kappa shape index (κ1) is 20.1. The Balaban J connectivity index is 1.51. The number of amides is 2. The van der Waals surface area contributed by atoms with Crippen molar-refractivity contribution in [2.45, 2.75) is 57.0 Å². The molecule has 1 saturated heterocycles. The summed E-state index contributed by atoms with van der Waals surface area (Å²) in [5.41, 5.74) is 5.36. The van der Waals surface area contributed by atoms with Crippen molar-refractivity contribution < 1.29 is 14.7 Å². The van der Waals surface area contributed by atoms with E-state index in [1.165, 1.54) is 0 Å². The van der Waals surface area contributed by atoms with Gasteiger partial charge in [-0.1, -0.05) is 0 Å². The van der Waals surface area contributed by atoms with Gasteiger partial charge < -0.3 is 21.1 Å². The lowest BCUT2D eigenvalue weighted by Crippen LogP contribution is -2.64. The molecule has 1 aromatic rings. The first-order chi connectivity index (χ1) is 14.8. The van der Waals surface area contributed by atoms with E-state index in [9.17, 15) is 20.0 Å². The van der Waals surface area contributed by atoms with E-state index in [4.69, 9.17) is 5.73 Å². The highest BCUT2D eigenvalue weighted by Gasteiger charge is 2.63. The maximum absolute atomic E-state index is 12.4. The molecule has 4 bridgehead atoms. The van der Waals surface area contributed by atoms with E-state index in [2.05, 4.69) is 23.3 Å². The van der Waals surface area contributed by atoms with Gasteiger partial charge in [-0.15, -0.1) is 0 Å². The molecule has 6 unspecified atom stereocenters. The predicted octanol–water partition coefficient (Wildman–Crippen LogP) is 2.80. The van der Waals surface area contributed by atoms with E-state index in [0.717, 1.165) is 32.1 Å². The molecule has 0 spiro atoms. The van der Waals surface area contributed by atoms with Gasteiger partial charge in [0, 0.05) is 18.2 Å². The van der Waals surface area contributed by atoms with Crippen LogP contribution in [0.15, 0.2) is 18.3 Å². The Labute approximate surface area is 181 Å². The lowest BCUT2D eigenvalue weighted by molar-refractivity contribution is -0.155. The number of carbonyl (C=O) groups excluding carboxylic acids is 1. The van der Waals surface area contributed by atoms with Gasteiger partial charge in [0.25, 0.3) is 0 Å². The van der Waals surface area contributed by atoms with Gasteiger partial charge in [0.1, 0.15) is 11.9 Å².